The van der Waals surface area contributed by atoms with Gasteiger partial charge in [0, 0.05) is 13.6 Å². The Morgan fingerprint density at radius 1 is 1.47 bits per heavy atom. The number of aromatic carboxylic acids is 1. The van der Waals surface area contributed by atoms with Gasteiger partial charge in [-0.2, -0.15) is 0 Å². The van der Waals surface area contributed by atoms with E-state index in [9.17, 15) is 9.90 Å². The predicted molar refractivity (Wildman–Crippen MR) is 80.5 cm³/mol. The molecule has 0 radical (unpaired) electrons. The predicted octanol–water partition coefficient (Wildman–Crippen LogP) is 3.84. The van der Waals surface area contributed by atoms with Crippen molar-refractivity contribution in [2.45, 2.75) is 47.0 Å². The second-order valence-electron chi connectivity index (χ2n) is 6.24. The molecule has 1 rings (SSSR count). The van der Waals surface area contributed by atoms with Crippen molar-refractivity contribution in [2.24, 2.45) is 5.41 Å². The summed E-state index contributed by atoms with van der Waals surface area (Å²) in [6, 6.07) is 0. The first-order valence-corrected chi connectivity index (χ1v) is 7.42. The van der Waals surface area contributed by atoms with Crippen molar-refractivity contribution in [3.05, 3.63) is 10.6 Å². The van der Waals surface area contributed by atoms with Gasteiger partial charge < -0.3 is 10.0 Å². The van der Waals surface area contributed by atoms with Gasteiger partial charge in [-0.3, -0.25) is 0 Å². The van der Waals surface area contributed by atoms with Crippen molar-refractivity contribution in [1.82, 2.24) is 4.98 Å². The molecular weight excluding hydrogens is 260 g/mol. The molecule has 0 saturated carbocycles. The molecule has 1 aromatic heterocycles. The lowest BCUT2D eigenvalue weighted by Gasteiger charge is -2.26. The van der Waals surface area contributed by atoms with Crippen LogP contribution in [0.15, 0.2) is 0 Å². The molecular formula is C14H24N2O2S. The molecule has 1 aromatic rings. The third kappa shape index (κ3) is 4.20. The fourth-order valence-electron chi connectivity index (χ4n) is 1.94. The van der Waals surface area contributed by atoms with Crippen molar-refractivity contribution < 1.29 is 9.90 Å². The summed E-state index contributed by atoms with van der Waals surface area (Å²) in [7, 11) is 1.97. The quantitative estimate of drug-likeness (QED) is 0.892. The van der Waals surface area contributed by atoms with Crippen LogP contribution in [0.4, 0.5) is 5.13 Å². The third-order valence-electron chi connectivity index (χ3n) is 2.95. The number of rotatable bonds is 5. The van der Waals surface area contributed by atoms with Crippen molar-refractivity contribution >= 4 is 22.4 Å². The average molecular weight is 284 g/mol. The zero-order chi connectivity index (χ0) is 14.8. The smallest absolute Gasteiger partial charge is 0.347 e. The van der Waals surface area contributed by atoms with Gasteiger partial charge in [-0.15, -0.1) is 0 Å². The van der Waals surface area contributed by atoms with Crippen LogP contribution in [0.1, 0.15) is 62.3 Å². The van der Waals surface area contributed by atoms with E-state index >= 15 is 0 Å². The molecule has 0 amide bonds. The van der Waals surface area contributed by atoms with Gasteiger partial charge in [0.2, 0.25) is 0 Å². The van der Waals surface area contributed by atoms with E-state index in [-0.39, 0.29) is 11.3 Å². The molecule has 108 valence electrons. The summed E-state index contributed by atoms with van der Waals surface area (Å²) < 4.78 is 0. The standard InChI is InChI=1S/C14H24N2O2S/c1-7-9(2)10-11(12(17)18)19-13(15-10)16(6)8-14(3,4)5/h9H,7-8H2,1-6H3,(H,17,18). The number of carboxylic acids is 1. The molecule has 0 saturated heterocycles. The van der Waals surface area contributed by atoms with Crippen LogP contribution in [0, 0.1) is 5.41 Å². The number of hydrogen-bond donors (Lipinski definition) is 1. The number of aromatic nitrogens is 1. The molecule has 5 heteroatoms. The van der Waals surface area contributed by atoms with Gasteiger partial charge in [0.1, 0.15) is 4.88 Å². The first-order valence-electron chi connectivity index (χ1n) is 6.61. The molecule has 0 aliphatic heterocycles. The molecule has 0 aliphatic carbocycles. The summed E-state index contributed by atoms with van der Waals surface area (Å²) in [6.45, 7) is 11.4. The summed E-state index contributed by atoms with van der Waals surface area (Å²) in [4.78, 5) is 18.3. The summed E-state index contributed by atoms with van der Waals surface area (Å²) in [5.74, 6) is -0.692. The SMILES string of the molecule is CCC(C)c1nc(N(C)CC(C)(C)C)sc1C(=O)O. The van der Waals surface area contributed by atoms with Gasteiger partial charge in [0.05, 0.1) is 5.69 Å². The van der Waals surface area contributed by atoms with Crippen molar-refractivity contribution in [1.29, 1.82) is 0 Å². The highest BCUT2D eigenvalue weighted by Gasteiger charge is 2.24. The van der Waals surface area contributed by atoms with E-state index in [0.29, 0.717) is 4.88 Å². The summed E-state index contributed by atoms with van der Waals surface area (Å²) in [5.41, 5.74) is 0.871. The van der Waals surface area contributed by atoms with Crippen LogP contribution in [0.5, 0.6) is 0 Å². The minimum atomic E-state index is -0.872. The minimum Gasteiger partial charge on any atom is -0.477 e. The number of carboxylic acid groups (broad SMARTS) is 1. The lowest BCUT2D eigenvalue weighted by Crippen LogP contribution is -2.28. The fraction of sp³-hybridized carbons (Fsp3) is 0.714. The lowest BCUT2D eigenvalue weighted by molar-refractivity contribution is 0.0700. The zero-order valence-corrected chi connectivity index (χ0v) is 13.5. The monoisotopic (exact) mass is 284 g/mol. The number of thiazole rings is 1. The highest BCUT2D eigenvalue weighted by Crippen LogP contribution is 2.32. The normalized spacial score (nSPS) is 13.4. The van der Waals surface area contributed by atoms with E-state index in [2.05, 4.69) is 25.8 Å². The van der Waals surface area contributed by atoms with Crippen molar-refractivity contribution in [2.75, 3.05) is 18.5 Å². The van der Waals surface area contributed by atoms with Gasteiger partial charge in [-0.1, -0.05) is 46.0 Å². The van der Waals surface area contributed by atoms with E-state index in [1.54, 1.807) is 0 Å². The topological polar surface area (TPSA) is 53.4 Å². The minimum absolute atomic E-state index is 0.153. The maximum atomic E-state index is 11.3. The van der Waals surface area contributed by atoms with Gasteiger partial charge in [-0.05, 0) is 17.8 Å². The second kappa shape index (κ2) is 5.90. The highest BCUT2D eigenvalue weighted by atomic mass is 32.1. The first kappa shape index (κ1) is 16.0. The maximum Gasteiger partial charge on any atom is 0.347 e. The zero-order valence-electron chi connectivity index (χ0n) is 12.6. The Kier molecular flexibility index (Phi) is 4.96. The maximum absolute atomic E-state index is 11.3. The summed E-state index contributed by atoms with van der Waals surface area (Å²) >= 11 is 1.28. The molecule has 1 N–H and O–H groups in total. The molecule has 1 atom stereocenters. The van der Waals surface area contributed by atoms with Crippen molar-refractivity contribution in [3.8, 4) is 0 Å². The van der Waals surface area contributed by atoms with E-state index in [1.807, 2.05) is 25.8 Å². The third-order valence-corrected chi connectivity index (χ3v) is 4.13. The van der Waals surface area contributed by atoms with E-state index in [4.69, 9.17) is 0 Å². The Morgan fingerprint density at radius 3 is 2.47 bits per heavy atom. The van der Waals surface area contributed by atoms with Gasteiger partial charge in [-0.25, -0.2) is 9.78 Å². The number of anilines is 1. The van der Waals surface area contributed by atoms with Gasteiger partial charge >= 0.3 is 5.97 Å². The number of nitrogens with zero attached hydrogens (tertiary/aromatic N) is 2. The van der Waals surface area contributed by atoms with E-state index < -0.39 is 5.97 Å². The molecule has 4 nitrogen and oxygen atoms in total. The molecule has 0 fully saturated rings. The summed E-state index contributed by atoms with van der Waals surface area (Å²) in [6.07, 6.45) is 0.895. The molecule has 1 heterocycles. The summed E-state index contributed by atoms with van der Waals surface area (Å²) in [5, 5.41) is 10.1. The van der Waals surface area contributed by atoms with Crippen LogP contribution < -0.4 is 4.90 Å². The first-order chi connectivity index (χ1) is 8.65. The van der Waals surface area contributed by atoms with E-state index in [1.165, 1.54) is 11.3 Å². The average Bonchev–Trinajstić information content (AvgIpc) is 2.70. The van der Waals surface area contributed by atoms with Crippen molar-refractivity contribution in [3.63, 3.8) is 0 Å². The Labute approximate surface area is 119 Å². The van der Waals surface area contributed by atoms with Crippen LogP contribution >= 0.6 is 11.3 Å². The molecule has 19 heavy (non-hydrogen) atoms. The van der Waals surface area contributed by atoms with Crippen LogP contribution in [-0.4, -0.2) is 29.7 Å². The van der Waals surface area contributed by atoms with Crippen LogP contribution in [0.3, 0.4) is 0 Å². The number of carbonyl (C=O) groups is 1. The van der Waals surface area contributed by atoms with E-state index in [0.717, 1.165) is 23.8 Å². The Bertz CT molecular complexity index is 449. The molecule has 0 aromatic carbocycles. The van der Waals surface area contributed by atoms with Crippen LogP contribution in [0.25, 0.3) is 0 Å². The fourth-order valence-corrected chi connectivity index (χ4v) is 2.93. The highest BCUT2D eigenvalue weighted by molar-refractivity contribution is 7.17. The van der Waals surface area contributed by atoms with Crippen LogP contribution in [-0.2, 0) is 0 Å². The Balaban J connectivity index is 3.07. The molecule has 0 bridgehead atoms. The van der Waals surface area contributed by atoms with Gasteiger partial charge in [0.15, 0.2) is 5.13 Å². The molecule has 0 aliphatic rings. The largest absolute Gasteiger partial charge is 0.477 e. The Hall–Kier alpha value is -1.10. The van der Waals surface area contributed by atoms with Gasteiger partial charge in [0.25, 0.3) is 0 Å². The number of hydrogen-bond acceptors (Lipinski definition) is 4. The lowest BCUT2D eigenvalue weighted by atomic mass is 9.96. The Morgan fingerprint density at radius 2 is 2.05 bits per heavy atom. The second-order valence-corrected chi connectivity index (χ2v) is 7.22. The molecule has 1 unspecified atom stereocenters. The molecule has 0 spiro atoms. The van der Waals surface area contributed by atoms with Crippen LogP contribution in [0.2, 0.25) is 0 Å².